The van der Waals surface area contributed by atoms with Gasteiger partial charge in [-0.25, -0.2) is 0 Å². The SMILES string of the molecule is C=CCC1=Cc2c(cccc2S(=O)(=O)O)C(S(=O)(=O)O)C1. The second-order valence-corrected chi connectivity index (χ2v) is 7.73. The van der Waals surface area contributed by atoms with Gasteiger partial charge >= 0.3 is 0 Å². The topological polar surface area (TPSA) is 109 Å². The lowest BCUT2D eigenvalue weighted by atomic mass is 9.90. The van der Waals surface area contributed by atoms with E-state index in [1.165, 1.54) is 24.3 Å². The van der Waals surface area contributed by atoms with Gasteiger partial charge in [-0.2, -0.15) is 16.8 Å². The van der Waals surface area contributed by atoms with E-state index in [0.717, 1.165) is 0 Å². The molecule has 1 atom stereocenters. The van der Waals surface area contributed by atoms with E-state index in [0.29, 0.717) is 12.0 Å². The number of allylic oxidation sites excluding steroid dienone is 2. The smallest absolute Gasteiger partial charge is 0.285 e. The van der Waals surface area contributed by atoms with Crippen LogP contribution in [0.3, 0.4) is 0 Å². The number of hydrogen-bond acceptors (Lipinski definition) is 4. The largest absolute Gasteiger partial charge is 0.295 e. The van der Waals surface area contributed by atoms with Gasteiger partial charge in [0.25, 0.3) is 20.2 Å². The summed E-state index contributed by atoms with van der Waals surface area (Å²) >= 11 is 0. The molecule has 0 saturated heterocycles. The van der Waals surface area contributed by atoms with Gasteiger partial charge in [-0.15, -0.1) is 6.58 Å². The second-order valence-electron chi connectivity index (χ2n) is 4.74. The summed E-state index contributed by atoms with van der Waals surface area (Å²) < 4.78 is 64.6. The molecule has 0 aromatic heterocycles. The minimum Gasteiger partial charge on any atom is -0.285 e. The molecule has 1 aromatic rings. The molecule has 0 heterocycles. The lowest BCUT2D eigenvalue weighted by Gasteiger charge is -2.24. The van der Waals surface area contributed by atoms with Crippen LogP contribution in [0, 0.1) is 0 Å². The van der Waals surface area contributed by atoms with Crippen molar-refractivity contribution < 1.29 is 25.9 Å². The summed E-state index contributed by atoms with van der Waals surface area (Å²) in [6.07, 6.45) is 3.47. The highest BCUT2D eigenvalue weighted by atomic mass is 32.2. The Morgan fingerprint density at radius 3 is 2.43 bits per heavy atom. The van der Waals surface area contributed by atoms with Gasteiger partial charge in [-0.05, 0) is 24.5 Å². The van der Waals surface area contributed by atoms with Crippen molar-refractivity contribution in [1.29, 1.82) is 0 Å². The molecule has 114 valence electrons. The first-order chi connectivity index (χ1) is 9.64. The summed E-state index contributed by atoms with van der Waals surface area (Å²) in [5, 5.41) is -1.26. The van der Waals surface area contributed by atoms with Crippen molar-refractivity contribution in [3.8, 4) is 0 Å². The predicted molar refractivity (Wildman–Crippen MR) is 78.0 cm³/mol. The predicted octanol–water partition coefficient (Wildman–Crippen LogP) is 2.23. The molecule has 0 aliphatic heterocycles. The lowest BCUT2D eigenvalue weighted by Crippen LogP contribution is -2.18. The third-order valence-electron chi connectivity index (χ3n) is 3.29. The second kappa shape index (κ2) is 5.38. The molecular formula is C13H14O6S2. The van der Waals surface area contributed by atoms with Crippen molar-refractivity contribution in [2.75, 3.05) is 0 Å². The lowest BCUT2D eigenvalue weighted by molar-refractivity contribution is 0.465. The summed E-state index contributed by atoms with van der Waals surface area (Å²) in [5.74, 6) is 0. The minimum atomic E-state index is -4.50. The molecule has 0 spiro atoms. The quantitative estimate of drug-likeness (QED) is 0.647. The number of fused-ring (bicyclic) bond motifs is 1. The highest BCUT2D eigenvalue weighted by Gasteiger charge is 2.33. The summed E-state index contributed by atoms with van der Waals surface area (Å²) in [6, 6.07) is 3.93. The first-order valence-corrected chi connectivity index (χ1v) is 8.96. The normalized spacial score (nSPS) is 18.8. The molecule has 0 amide bonds. The van der Waals surface area contributed by atoms with Crippen LogP contribution in [-0.2, 0) is 20.2 Å². The maximum Gasteiger partial charge on any atom is 0.295 e. The van der Waals surface area contributed by atoms with Crippen LogP contribution in [0.4, 0.5) is 0 Å². The maximum absolute atomic E-state index is 11.6. The molecule has 6 nitrogen and oxygen atoms in total. The summed E-state index contributed by atoms with van der Waals surface area (Å²) in [4.78, 5) is -0.380. The van der Waals surface area contributed by atoms with Gasteiger partial charge in [-0.1, -0.05) is 29.9 Å². The highest BCUT2D eigenvalue weighted by molar-refractivity contribution is 7.86. The van der Waals surface area contributed by atoms with Gasteiger partial charge in [0.05, 0.1) is 0 Å². The van der Waals surface area contributed by atoms with Crippen molar-refractivity contribution in [3.05, 3.63) is 47.6 Å². The Morgan fingerprint density at radius 2 is 1.90 bits per heavy atom. The molecule has 0 fully saturated rings. The maximum atomic E-state index is 11.6. The average molecular weight is 330 g/mol. The zero-order chi connectivity index (χ0) is 15.8. The van der Waals surface area contributed by atoms with Crippen LogP contribution in [-0.4, -0.2) is 25.9 Å². The average Bonchev–Trinajstić information content (AvgIpc) is 2.35. The first-order valence-electron chi connectivity index (χ1n) is 6.01. The van der Waals surface area contributed by atoms with Crippen LogP contribution in [0.2, 0.25) is 0 Å². The number of benzene rings is 1. The Hall–Kier alpha value is -1.48. The fourth-order valence-electron chi connectivity index (χ4n) is 2.43. The van der Waals surface area contributed by atoms with Gasteiger partial charge in [0.2, 0.25) is 0 Å². The summed E-state index contributed by atoms with van der Waals surface area (Å²) in [7, 11) is -8.90. The molecule has 0 radical (unpaired) electrons. The Labute approximate surface area is 123 Å². The van der Waals surface area contributed by atoms with Gasteiger partial charge in [-0.3, -0.25) is 9.11 Å². The molecule has 21 heavy (non-hydrogen) atoms. The Bertz CT molecular complexity index is 818. The van der Waals surface area contributed by atoms with Crippen LogP contribution in [0.15, 0.2) is 41.3 Å². The Morgan fingerprint density at radius 1 is 1.24 bits per heavy atom. The van der Waals surface area contributed by atoms with Gasteiger partial charge in [0.15, 0.2) is 0 Å². The fraction of sp³-hybridized carbons (Fsp3) is 0.231. The van der Waals surface area contributed by atoms with Gasteiger partial charge < -0.3 is 0 Å². The Kier molecular flexibility index (Phi) is 4.07. The van der Waals surface area contributed by atoms with Crippen LogP contribution in [0.25, 0.3) is 6.08 Å². The van der Waals surface area contributed by atoms with Crippen molar-refractivity contribution >= 4 is 26.3 Å². The number of hydrogen-bond donors (Lipinski definition) is 2. The van der Waals surface area contributed by atoms with E-state index in [-0.39, 0.29) is 22.4 Å². The molecule has 2 N–H and O–H groups in total. The van der Waals surface area contributed by atoms with E-state index in [9.17, 15) is 25.9 Å². The molecule has 0 bridgehead atoms. The molecule has 1 unspecified atom stereocenters. The first kappa shape index (κ1) is 15.9. The van der Waals surface area contributed by atoms with E-state index < -0.39 is 25.5 Å². The molecule has 8 heteroatoms. The van der Waals surface area contributed by atoms with Crippen LogP contribution >= 0.6 is 0 Å². The van der Waals surface area contributed by atoms with E-state index in [1.807, 2.05) is 0 Å². The van der Waals surface area contributed by atoms with Crippen LogP contribution in [0.1, 0.15) is 29.2 Å². The van der Waals surface area contributed by atoms with Gasteiger partial charge in [0.1, 0.15) is 10.1 Å². The summed E-state index contributed by atoms with van der Waals surface area (Å²) in [6.45, 7) is 3.55. The van der Waals surface area contributed by atoms with E-state index >= 15 is 0 Å². The zero-order valence-electron chi connectivity index (χ0n) is 10.9. The van der Waals surface area contributed by atoms with Crippen LogP contribution < -0.4 is 0 Å². The Balaban J connectivity index is 2.77. The monoisotopic (exact) mass is 330 g/mol. The molecular weight excluding hydrogens is 316 g/mol. The third kappa shape index (κ3) is 3.24. The van der Waals surface area contributed by atoms with E-state index in [2.05, 4.69) is 6.58 Å². The molecule has 1 aliphatic rings. The zero-order valence-corrected chi connectivity index (χ0v) is 12.6. The van der Waals surface area contributed by atoms with Crippen molar-refractivity contribution in [2.45, 2.75) is 23.0 Å². The van der Waals surface area contributed by atoms with Gasteiger partial charge in [0, 0.05) is 5.56 Å². The molecule has 0 saturated carbocycles. The van der Waals surface area contributed by atoms with E-state index in [4.69, 9.17) is 0 Å². The van der Waals surface area contributed by atoms with E-state index in [1.54, 1.807) is 6.08 Å². The fourth-order valence-corrected chi connectivity index (χ4v) is 4.08. The highest BCUT2D eigenvalue weighted by Crippen LogP contribution is 2.40. The standard InChI is InChI=1S/C13H14O6S2/c1-2-4-9-7-11-10(13(8-9)21(17,18)19)5-3-6-12(11)20(14,15)16/h2-3,5-7,13H,1,4,8H2,(H,14,15,16)(H,17,18,19). The van der Waals surface area contributed by atoms with Crippen molar-refractivity contribution in [3.63, 3.8) is 0 Å². The molecule has 1 aliphatic carbocycles. The summed E-state index contributed by atoms with van der Waals surface area (Å²) in [5.41, 5.74) is 0.849. The van der Waals surface area contributed by atoms with Crippen LogP contribution in [0.5, 0.6) is 0 Å². The van der Waals surface area contributed by atoms with Crippen molar-refractivity contribution in [1.82, 2.24) is 0 Å². The molecule has 1 aromatic carbocycles. The number of rotatable bonds is 4. The minimum absolute atomic E-state index is 0.0484. The third-order valence-corrected chi connectivity index (χ3v) is 5.34. The molecule has 2 rings (SSSR count). The van der Waals surface area contributed by atoms with Crippen molar-refractivity contribution in [2.24, 2.45) is 0 Å².